The molecule has 0 bridgehead atoms. The molecule has 1 atom stereocenters. The summed E-state index contributed by atoms with van der Waals surface area (Å²) in [6.07, 6.45) is 0.531. The van der Waals surface area contributed by atoms with Crippen molar-refractivity contribution in [1.29, 1.82) is 0 Å². The fourth-order valence-corrected chi connectivity index (χ4v) is 2.95. The Morgan fingerprint density at radius 3 is 2.50 bits per heavy atom. The van der Waals surface area contributed by atoms with Gasteiger partial charge in [-0.15, -0.1) is 0 Å². The maximum atomic E-state index is 12.6. The zero-order valence-electron chi connectivity index (χ0n) is 11.7. The maximum absolute atomic E-state index is 12.6. The van der Waals surface area contributed by atoms with Gasteiger partial charge < -0.3 is 10.0 Å². The minimum Gasteiger partial charge on any atom is -0.480 e. The van der Waals surface area contributed by atoms with Crippen molar-refractivity contribution >= 4 is 29.2 Å². The number of hydrogen-bond acceptors (Lipinski definition) is 2. The van der Waals surface area contributed by atoms with Crippen LogP contribution < -0.4 is 4.90 Å². The van der Waals surface area contributed by atoms with Crippen molar-refractivity contribution in [2.75, 3.05) is 11.4 Å². The number of carboxylic acids is 1. The molecule has 5 heteroatoms. The first-order chi connectivity index (χ1) is 10.6. The van der Waals surface area contributed by atoms with Crippen LogP contribution in [0.2, 0.25) is 5.02 Å². The van der Waals surface area contributed by atoms with Gasteiger partial charge in [-0.3, -0.25) is 9.59 Å². The van der Waals surface area contributed by atoms with Crippen LogP contribution in [0, 0.1) is 0 Å². The number of aliphatic carboxylic acids is 1. The molecule has 1 heterocycles. The predicted octanol–water partition coefficient (Wildman–Crippen LogP) is 3.10. The van der Waals surface area contributed by atoms with Crippen LogP contribution in [0.5, 0.6) is 0 Å². The number of hydrogen-bond donors (Lipinski definition) is 1. The first-order valence-electron chi connectivity index (χ1n) is 6.93. The number of amides is 1. The van der Waals surface area contributed by atoms with Crippen LogP contribution >= 0.6 is 11.6 Å². The molecule has 0 radical (unpaired) electrons. The third kappa shape index (κ3) is 2.70. The summed E-state index contributed by atoms with van der Waals surface area (Å²) in [6.45, 7) is -0.313. The van der Waals surface area contributed by atoms with E-state index in [-0.39, 0.29) is 18.4 Å². The second-order valence-corrected chi connectivity index (χ2v) is 5.70. The van der Waals surface area contributed by atoms with E-state index in [0.29, 0.717) is 17.1 Å². The van der Waals surface area contributed by atoms with Gasteiger partial charge in [0.05, 0.1) is 5.92 Å². The molecule has 22 heavy (non-hydrogen) atoms. The Morgan fingerprint density at radius 2 is 1.82 bits per heavy atom. The van der Waals surface area contributed by atoms with Crippen LogP contribution in [0.25, 0.3) is 0 Å². The number of carbonyl (C=O) groups excluding carboxylic acids is 1. The summed E-state index contributed by atoms with van der Waals surface area (Å²) in [5.74, 6) is -1.54. The number of carbonyl (C=O) groups is 2. The van der Waals surface area contributed by atoms with Gasteiger partial charge in [0.25, 0.3) is 0 Å². The van der Waals surface area contributed by atoms with Gasteiger partial charge in [-0.2, -0.15) is 0 Å². The summed E-state index contributed by atoms with van der Waals surface area (Å²) in [5.41, 5.74) is 2.56. The SMILES string of the molecule is O=C(O)CN1C(=O)[C@@H](Cc2ccc(Cl)cc2)c2ccccc21. The minimum absolute atomic E-state index is 0.168. The molecular weight excluding hydrogens is 302 g/mol. The van der Waals surface area contributed by atoms with Crippen LogP contribution in [-0.2, 0) is 16.0 Å². The lowest BCUT2D eigenvalue weighted by molar-refractivity contribution is -0.136. The third-order valence-electron chi connectivity index (χ3n) is 3.81. The van der Waals surface area contributed by atoms with Crippen LogP contribution in [0.4, 0.5) is 5.69 Å². The number of halogens is 1. The molecule has 0 saturated carbocycles. The van der Waals surface area contributed by atoms with Crippen LogP contribution in [0.1, 0.15) is 17.0 Å². The molecule has 1 aliphatic rings. The number of carboxylic acid groups (broad SMARTS) is 1. The summed E-state index contributed by atoms with van der Waals surface area (Å²) < 4.78 is 0. The topological polar surface area (TPSA) is 57.6 Å². The Labute approximate surface area is 132 Å². The Morgan fingerprint density at radius 1 is 1.14 bits per heavy atom. The number of anilines is 1. The van der Waals surface area contributed by atoms with E-state index in [1.807, 2.05) is 30.3 Å². The highest BCUT2D eigenvalue weighted by Crippen LogP contribution is 2.38. The van der Waals surface area contributed by atoms with Gasteiger partial charge in [0.15, 0.2) is 0 Å². The third-order valence-corrected chi connectivity index (χ3v) is 4.07. The second kappa shape index (κ2) is 5.81. The molecular formula is C17H14ClNO3. The normalized spacial score (nSPS) is 16.7. The van der Waals surface area contributed by atoms with Gasteiger partial charge in [-0.1, -0.05) is 41.9 Å². The zero-order chi connectivity index (χ0) is 15.7. The van der Waals surface area contributed by atoms with Gasteiger partial charge >= 0.3 is 5.97 Å². The molecule has 0 saturated heterocycles. The van der Waals surface area contributed by atoms with Crippen LogP contribution in [0.3, 0.4) is 0 Å². The van der Waals surface area contributed by atoms with Gasteiger partial charge in [0, 0.05) is 10.7 Å². The fourth-order valence-electron chi connectivity index (χ4n) is 2.82. The van der Waals surface area contributed by atoms with Gasteiger partial charge in [0.2, 0.25) is 5.91 Å². The molecule has 2 aromatic rings. The molecule has 0 fully saturated rings. The quantitative estimate of drug-likeness (QED) is 0.943. The molecule has 3 rings (SSSR count). The largest absolute Gasteiger partial charge is 0.480 e. The van der Waals surface area contributed by atoms with Crippen molar-refractivity contribution in [2.24, 2.45) is 0 Å². The molecule has 0 spiro atoms. The first-order valence-corrected chi connectivity index (χ1v) is 7.30. The molecule has 1 N–H and O–H groups in total. The second-order valence-electron chi connectivity index (χ2n) is 5.26. The van der Waals surface area contributed by atoms with E-state index in [0.717, 1.165) is 11.1 Å². The maximum Gasteiger partial charge on any atom is 0.323 e. The summed E-state index contributed by atoms with van der Waals surface area (Å²) in [7, 11) is 0. The van der Waals surface area contributed by atoms with Gasteiger partial charge in [-0.25, -0.2) is 0 Å². The van der Waals surface area contributed by atoms with E-state index in [1.165, 1.54) is 4.90 Å². The first kappa shape index (κ1) is 14.6. The number of para-hydroxylation sites is 1. The fraction of sp³-hybridized carbons (Fsp3) is 0.176. The van der Waals surface area contributed by atoms with E-state index in [1.54, 1.807) is 18.2 Å². The van der Waals surface area contributed by atoms with Crippen molar-refractivity contribution in [3.05, 3.63) is 64.7 Å². The molecule has 112 valence electrons. The monoisotopic (exact) mass is 315 g/mol. The van der Waals surface area contributed by atoms with E-state index >= 15 is 0 Å². The van der Waals surface area contributed by atoms with Crippen LogP contribution in [0.15, 0.2) is 48.5 Å². The van der Waals surface area contributed by atoms with Crippen molar-refractivity contribution in [3.63, 3.8) is 0 Å². The van der Waals surface area contributed by atoms with Gasteiger partial charge in [0.1, 0.15) is 6.54 Å². The average Bonchev–Trinajstić information content (AvgIpc) is 2.75. The highest BCUT2D eigenvalue weighted by molar-refractivity contribution is 6.30. The molecule has 0 aliphatic carbocycles. The number of rotatable bonds is 4. The van der Waals surface area contributed by atoms with E-state index < -0.39 is 5.97 Å². The zero-order valence-corrected chi connectivity index (χ0v) is 12.5. The van der Waals surface area contributed by atoms with E-state index in [4.69, 9.17) is 16.7 Å². The van der Waals surface area contributed by atoms with Crippen molar-refractivity contribution in [2.45, 2.75) is 12.3 Å². The standard InChI is InChI=1S/C17H14ClNO3/c18-12-7-5-11(6-8-12)9-14-13-3-1-2-4-15(13)19(17(14)22)10-16(20)21/h1-8,14H,9-10H2,(H,20,21)/t14-/m0/s1. The summed E-state index contributed by atoms with van der Waals surface area (Å²) >= 11 is 5.88. The Balaban J connectivity index is 1.93. The number of benzene rings is 2. The number of fused-ring (bicyclic) bond motifs is 1. The summed E-state index contributed by atoms with van der Waals surface area (Å²) in [6, 6.07) is 14.7. The molecule has 1 aliphatic heterocycles. The highest BCUT2D eigenvalue weighted by Gasteiger charge is 2.37. The Kier molecular flexibility index (Phi) is 3.86. The predicted molar refractivity (Wildman–Crippen MR) is 84.3 cm³/mol. The van der Waals surface area contributed by atoms with Crippen molar-refractivity contribution < 1.29 is 14.7 Å². The van der Waals surface area contributed by atoms with Gasteiger partial charge in [-0.05, 0) is 35.7 Å². The Hall–Kier alpha value is -2.33. The van der Waals surface area contributed by atoms with Crippen molar-refractivity contribution in [1.82, 2.24) is 0 Å². The Bertz CT molecular complexity index is 727. The van der Waals surface area contributed by atoms with Crippen molar-refractivity contribution in [3.8, 4) is 0 Å². The van der Waals surface area contributed by atoms with E-state index in [2.05, 4.69) is 0 Å². The average molecular weight is 316 g/mol. The molecule has 0 unspecified atom stereocenters. The van der Waals surface area contributed by atoms with Crippen LogP contribution in [-0.4, -0.2) is 23.5 Å². The minimum atomic E-state index is -1.02. The number of nitrogens with zero attached hydrogens (tertiary/aromatic N) is 1. The summed E-state index contributed by atoms with van der Waals surface area (Å²) in [4.78, 5) is 25.0. The molecule has 1 amide bonds. The lowest BCUT2D eigenvalue weighted by atomic mass is 9.93. The smallest absolute Gasteiger partial charge is 0.323 e. The van der Waals surface area contributed by atoms with E-state index in [9.17, 15) is 9.59 Å². The molecule has 2 aromatic carbocycles. The molecule has 0 aromatic heterocycles. The molecule has 4 nitrogen and oxygen atoms in total. The highest BCUT2D eigenvalue weighted by atomic mass is 35.5. The summed E-state index contributed by atoms with van der Waals surface area (Å²) in [5, 5.41) is 9.66. The lowest BCUT2D eigenvalue weighted by Gasteiger charge is -2.15. The lowest BCUT2D eigenvalue weighted by Crippen LogP contribution is -2.34.